The van der Waals surface area contributed by atoms with Crippen molar-refractivity contribution in [3.63, 3.8) is 0 Å². The molecule has 0 spiro atoms. The van der Waals surface area contributed by atoms with Gasteiger partial charge in [0.25, 0.3) is 0 Å². The number of pyridine rings is 1. The van der Waals surface area contributed by atoms with E-state index >= 15 is 0 Å². The fraction of sp³-hybridized carbons (Fsp3) is 0.400. The van der Waals surface area contributed by atoms with Crippen LogP contribution in [-0.4, -0.2) is 24.7 Å². The lowest BCUT2D eigenvalue weighted by atomic mass is 10.2. The van der Waals surface area contributed by atoms with E-state index in [0.29, 0.717) is 0 Å². The van der Waals surface area contributed by atoms with Crippen LogP contribution < -0.4 is 4.74 Å². The fourth-order valence-electron chi connectivity index (χ4n) is 1.18. The SMILES string of the molecule is CCOC(=O)c1cc(Br)c(C(F)(F)F)nc1OC. The summed E-state index contributed by atoms with van der Waals surface area (Å²) < 4.78 is 46.8. The van der Waals surface area contributed by atoms with E-state index in [2.05, 4.69) is 30.4 Å². The van der Waals surface area contributed by atoms with Crippen LogP contribution in [0.3, 0.4) is 0 Å². The highest BCUT2D eigenvalue weighted by atomic mass is 79.9. The zero-order valence-corrected chi connectivity index (χ0v) is 11.1. The standard InChI is InChI=1S/C10H9BrF3NO3/c1-3-18-9(16)5-4-6(11)7(10(12,13)14)15-8(5)17-2/h4H,3H2,1-2H3. The maximum atomic E-state index is 12.6. The van der Waals surface area contributed by atoms with Gasteiger partial charge in [-0.1, -0.05) is 0 Å². The lowest BCUT2D eigenvalue weighted by Crippen LogP contribution is -2.14. The summed E-state index contributed by atoms with van der Waals surface area (Å²) in [6, 6.07) is 0.979. The van der Waals surface area contributed by atoms with Crippen LogP contribution in [0.4, 0.5) is 13.2 Å². The molecule has 1 rings (SSSR count). The number of halogens is 4. The number of ether oxygens (including phenoxy) is 2. The van der Waals surface area contributed by atoms with E-state index in [1.165, 1.54) is 0 Å². The zero-order valence-electron chi connectivity index (χ0n) is 9.47. The lowest BCUT2D eigenvalue weighted by molar-refractivity contribution is -0.142. The molecule has 100 valence electrons. The third kappa shape index (κ3) is 3.12. The van der Waals surface area contributed by atoms with Gasteiger partial charge in [0, 0.05) is 4.47 Å². The Bertz CT molecular complexity index is 462. The van der Waals surface area contributed by atoms with Gasteiger partial charge in [-0.15, -0.1) is 0 Å². The highest BCUT2D eigenvalue weighted by Crippen LogP contribution is 2.36. The van der Waals surface area contributed by atoms with Gasteiger partial charge in [0.15, 0.2) is 5.69 Å². The summed E-state index contributed by atoms with van der Waals surface area (Å²) in [6.45, 7) is 1.68. The lowest BCUT2D eigenvalue weighted by Gasteiger charge is -2.12. The van der Waals surface area contributed by atoms with Gasteiger partial charge in [-0.05, 0) is 28.9 Å². The molecule has 0 N–H and O–H groups in total. The van der Waals surface area contributed by atoms with E-state index in [0.717, 1.165) is 13.2 Å². The second-order valence-corrected chi connectivity index (χ2v) is 3.95. The molecule has 8 heteroatoms. The number of alkyl halides is 3. The van der Waals surface area contributed by atoms with Crippen molar-refractivity contribution in [3.8, 4) is 5.88 Å². The summed E-state index contributed by atoms with van der Waals surface area (Å²) in [4.78, 5) is 14.8. The van der Waals surface area contributed by atoms with Gasteiger partial charge in [-0.25, -0.2) is 9.78 Å². The average molecular weight is 328 g/mol. The summed E-state index contributed by atoms with van der Waals surface area (Å²) >= 11 is 2.72. The van der Waals surface area contributed by atoms with E-state index in [4.69, 9.17) is 0 Å². The third-order valence-corrected chi connectivity index (χ3v) is 2.50. The number of methoxy groups -OCH3 is 1. The molecular weight excluding hydrogens is 319 g/mol. The summed E-state index contributed by atoms with van der Waals surface area (Å²) in [7, 11) is 1.12. The number of carbonyl (C=O) groups is 1. The van der Waals surface area contributed by atoms with Crippen molar-refractivity contribution in [1.29, 1.82) is 0 Å². The van der Waals surface area contributed by atoms with Crippen molar-refractivity contribution < 1.29 is 27.4 Å². The first-order valence-corrected chi connectivity index (χ1v) is 5.59. The van der Waals surface area contributed by atoms with Crippen LogP contribution >= 0.6 is 15.9 Å². The minimum absolute atomic E-state index is 0.0978. The molecule has 0 fully saturated rings. The minimum atomic E-state index is -4.64. The van der Waals surface area contributed by atoms with Crippen molar-refractivity contribution in [2.45, 2.75) is 13.1 Å². The Morgan fingerprint density at radius 1 is 1.50 bits per heavy atom. The van der Waals surface area contributed by atoms with E-state index in [1.807, 2.05) is 0 Å². The number of hydrogen-bond acceptors (Lipinski definition) is 4. The van der Waals surface area contributed by atoms with Gasteiger partial charge < -0.3 is 9.47 Å². The second-order valence-electron chi connectivity index (χ2n) is 3.09. The number of hydrogen-bond donors (Lipinski definition) is 0. The quantitative estimate of drug-likeness (QED) is 0.800. The first kappa shape index (κ1) is 14.7. The summed E-state index contributed by atoms with van der Waals surface area (Å²) in [5, 5.41) is 0. The molecule has 1 heterocycles. The monoisotopic (exact) mass is 327 g/mol. The Morgan fingerprint density at radius 3 is 2.56 bits per heavy atom. The molecule has 0 bridgehead atoms. The topological polar surface area (TPSA) is 48.4 Å². The van der Waals surface area contributed by atoms with Gasteiger partial charge in [-0.3, -0.25) is 0 Å². The highest BCUT2D eigenvalue weighted by Gasteiger charge is 2.37. The Balaban J connectivity index is 3.32. The Labute approximate surface area is 109 Å². The molecule has 0 unspecified atom stereocenters. The van der Waals surface area contributed by atoms with Crippen molar-refractivity contribution in [2.24, 2.45) is 0 Å². The smallest absolute Gasteiger partial charge is 0.434 e. The van der Waals surface area contributed by atoms with Crippen molar-refractivity contribution in [2.75, 3.05) is 13.7 Å². The summed E-state index contributed by atoms with van der Waals surface area (Å²) in [5.41, 5.74) is -1.33. The van der Waals surface area contributed by atoms with Crippen LogP contribution in [-0.2, 0) is 10.9 Å². The van der Waals surface area contributed by atoms with Gasteiger partial charge in [0.05, 0.1) is 13.7 Å². The van der Waals surface area contributed by atoms with Crippen LogP contribution in [0.2, 0.25) is 0 Å². The number of esters is 1. The Morgan fingerprint density at radius 2 is 2.11 bits per heavy atom. The van der Waals surface area contributed by atoms with E-state index in [-0.39, 0.29) is 16.6 Å². The van der Waals surface area contributed by atoms with E-state index in [9.17, 15) is 18.0 Å². The van der Waals surface area contributed by atoms with Crippen LogP contribution in [0.25, 0.3) is 0 Å². The van der Waals surface area contributed by atoms with Crippen LogP contribution in [0.15, 0.2) is 10.5 Å². The molecule has 0 saturated carbocycles. The maximum absolute atomic E-state index is 12.6. The van der Waals surface area contributed by atoms with Crippen LogP contribution in [0, 0.1) is 0 Å². The van der Waals surface area contributed by atoms with Crippen LogP contribution in [0.5, 0.6) is 5.88 Å². The molecule has 1 aromatic rings. The van der Waals surface area contributed by atoms with Gasteiger partial charge >= 0.3 is 12.1 Å². The van der Waals surface area contributed by atoms with Crippen molar-refractivity contribution >= 4 is 21.9 Å². The van der Waals surface area contributed by atoms with Crippen LogP contribution in [0.1, 0.15) is 23.0 Å². The van der Waals surface area contributed by atoms with E-state index in [1.54, 1.807) is 6.92 Å². The third-order valence-electron chi connectivity index (χ3n) is 1.90. The number of rotatable bonds is 3. The van der Waals surface area contributed by atoms with Gasteiger partial charge in [0.1, 0.15) is 5.56 Å². The first-order chi connectivity index (χ1) is 8.31. The maximum Gasteiger partial charge on any atom is 0.434 e. The highest BCUT2D eigenvalue weighted by molar-refractivity contribution is 9.10. The number of carbonyl (C=O) groups excluding carboxylic acids is 1. The fourth-order valence-corrected chi connectivity index (χ4v) is 1.72. The predicted molar refractivity (Wildman–Crippen MR) is 59.4 cm³/mol. The number of nitrogens with zero attached hydrogens (tertiary/aromatic N) is 1. The summed E-state index contributed by atoms with van der Waals surface area (Å²) in [5.74, 6) is -1.22. The zero-order chi connectivity index (χ0) is 13.9. The predicted octanol–water partition coefficient (Wildman–Crippen LogP) is 3.05. The van der Waals surface area contributed by atoms with Crippen molar-refractivity contribution in [3.05, 3.63) is 21.8 Å². The molecule has 0 aromatic carbocycles. The molecule has 4 nitrogen and oxygen atoms in total. The molecule has 1 aromatic heterocycles. The second kappa shape index (κ2) is 5.55. The van der Waals surface area contributed by atoms with Gasteiger partial charge in [0.2, 0.25) is 5.88 Å². The van der Waals surface area contributed by atoms with Gasteiger partial charge in [-0.2, -0.15) is 13.2 Å². The first-order valence-electron chi connectivity index (χ1n) is 4.80. The minimum Gasteiger partial charge on any atom is -0.480 e. The normalized spacial score (nSPS) is 11.2. The molecule has 0 aliphatic rings. The Hall–Kier alpha value is -1.31. The Kier molecular flexibility index (Phi) is 4.55. The summed E-state index contributed by atoms with van der Waals surface area (Å²) in [6.07, 6.45) is -4.64. The molecule has 18 heavy (non-hydrogen) atoms. The molecular formula is C10H9BrF3NO3. The molecule has 0 amide bonds. The number of aromatic nitrogens is 1. The van der Waals surface area contributed by atoms with Crippen molar-refractivity contribution in [1.82, 2.24) is 4.98 Å². The largest absolute Gasteiger partial charge is 0.480 e. The molecule has 0 aliphatic carbocycles. The molecule has 0 saturated heterocycles. The molecule has 0 aliphatic heterocycles. The molecule has 0 atom stereocenters. The molecule has 0 radical (unpaired) electrons. The average Bonchev–Trinajstić information content (AvgIpc) is 2.27. The van der Waals surface area contributed by atoms with E-state index < -0.39 is 23.7 Å².